The first kappa shape index (κ1) is 31.2. The minimum Gasteiger partial charge on any atom is -0.423 e. The van der Waals surface area contributed by atoms with Crippen molar-refractivity contribution < 1.29 is 19.1 Å². The Morgan fingerprint density at radius 3 is 1.97 bits per heavy atom. The average molecular weight is 587 g/mol. The van der Waals surface area contributed by atoms with E-state index in [2.05, 4.69) is 38.7 Å². The van der Waals surface area contributed by atoms with Crippen LogP contribution in [-0.4, -0.2) is 30.5 Å². The maximum Gasteiger partial charge on any atom is 0.343 e. The van der Waals surface area contributed by atoms with Crippen LogP contribution in [0, 0.1) is 0 Å². The van der Waals surface area contributed by atoms with E-state index in [0.29, 0.717) is 23.3 Å². The van der Waals surface area contributed by atoms with E-state index in [9.17, 15) is 14.4 Å². The van der Waals surface area contributed by atoms with E-state index in [0.717, 1.165) is 23.7 Å². The topological polar surface area (TPSA) is 96.9 Å². The van der Waals surface area contributed by atoms with Crippen LogP contribution in [0.25, 0.3) is 0 Å². The summed E-state index contributed by atoms with van der Waals surface area (Å²) in [4.78, 5) is 36.1. The van der Waals surface area contributed by atoms with E-state index in [1.807, 2.05) is 0 Å². The molecule has 7 nitrogen and oxygen atoms in total. The number of nitrogens with one attached hydrogen (secondary N) is 2. The zero-order chi connectivity index (χ0) is 27.4. The number of benzene rings is 2. The van der Waals surface area contributed by atoms with Crippen molar-refractivity contribution in [1.29, 1.82) is 0 Å². The molecule has 0 atom stereocenters. The highest BCUT2D eigenvalue weighted by Gasteiger charge is 2.08. The van der Waals surface area contributed by atoms with Gasteiger partial charge in [0.2, 0.25) is 5.91 Å². The minimum absolute atomic E-state index is 0.112. The molecule has 2 N–H and O–H groups in total. The van der Waals surface area contributed by atoms with Crippen LogP contribution >= 0.6 is 15.9 Å². The number of esters is 1. The van der Waals surface area contributed by atoms with Gasteiger partial charge in [-0.05, 0) is 60.5 Å². The van der Waals surface area contributed by atoms with Crippen LogP contribution < -0.4 is 15.5 Å². The maximum atomic E-state index is 12.2. The lowest BCUT2D eigenvalue weighted by Crippen LogP contribution is -2.34. The number of halogens is 1. The molecule has 0 unspecified atom stereocenters. The van der Waals surface area contributed by atoms with E-state index in [1.165, 1.54) is 57.6 Å². The summed E-state index contributed by atoms with van der Waals surface area (Å²) in [5.41, 5.74) is 3.57. The van der Waals surface area contributed by atoms with Gasteiger partial charge in [0.05, 0.1) is 18.3 Å². The van der Waals surface area contributed by atoms with E-state index in [4.69, 9.17) is 4.74 Å². The minimum atomic E-state index is -0.447. The molecule has 0 aliphatic heterocycles. The molecule has 2 aromatic carbocycles. The molecule has 0 spiro atoms. The van der Waals surface area contributed by atoms with Gasteiger partial charge in [-0.25, -0.2) is 10.2 Å². The van der Waals surface area contributed by atoms with Crippen LogP contribution in [0.1, 0.15) is 99.9 Å². The van der Waals surface area contributed by atoms with Crippen molar-refractivity contribution in [1.82, 2.24) is 10.7 Å². The van der Waals surface area contributed by atoms with Gasteiger partial charge in [-0.3, -0.25) is 9.59 Å². The Labute approximate surface area is 234 Å². The Hall–Kier alpha value is -3.00. The Kier molecular flexibility index (Phi) is 15.7. The summed E-state index contributed by atoms with van der Waals surface area (Å²) in [5.74, 6) is -0.557. The Morgan fingerprint density at radius 1 is 0.789 bits per heavy atom. The summed E-state index contributed by atoms with van der Waals surface area (Å²) in [6, 6.07) is 13.6. The molecule has 0 radical (unpaired) electrons. The standard InChI is InChI=1S/C30H40BrN3O4/c1-2-3-4-5-6-7-8-9-10-11-12-13-28(35)32-23-29(36)34-33-22-24-14-20-27(21-15-24)38-30(37)25-16-18-26(31)19-17-25/h14-22H,2-13,23H2,1H3,(H,32,35)(H,34,36)/b33-22+. The van der Waals surface area contributed by atoms with Crippen molar-refractivity contribution in [3.8, 4) is 5.75 Å². The lowest BCUT2D eigenvalue weighted by atomic mass is 10.1. The number of hydrogen-bond acceptors (Lipinski definition) is 5. The fraction of sp³-hybridized carbons (Fsp3) is 0.467. The van der Waals surface area contributed by atoms with Crippen LogP contribution in [-0.2, 0) is 9.59 Å². The number of rotatable bonds is 18. The van der Waals surface area contributed by atoms with Gasteiger partial charge >= 0.3 is 5.97 Å². The summed E-state index contributed by atoms with van der Waals surface area (Å²) >= 11 is 3.33. The summed E-state index contributed by atoms with van der Waals surface area (Å²) in [5, 5.41) is 6.54. The first-order valence-electron chi connectivity index (χ1n) is 13.6. The molecule has 0 bridgehead atoms. The molecule has 2 rings (SSSR count). The highest BCUT2D eigenvalue weighted by atomic mass is 79.9. The third-order valence-corrected chi connectivity index (χ3v) is 6.56. The number of carbonyl (C=O) groups excluding carboxylic acids is 3. The summed E-state index contributed by atoms with van der Waals surface area (Å²) in [7, 11) is 0. The molecular weight excluding hydrogens is 546 g/mol. The smallest absolute Gasteiger partial charge is 0.343 e. The molecule has 0 saturated heterocycles. The molecule has 38 heavy (non-hydrogen) atoms. The molecule has 2 aromatic rings. The van der Waals surface area contributed by atoms with Gasteiger partial charge in [0.15, 0.2) is 0 Å². The van der Waals surface area contributed by atoms with Crippen molar-refractivity contribution in [2.75, 3.05) is 6.54 Å². The fourth-order valence-corrected chi connectivity index (χ4v) is 4.07. The molecule has 0 aliphatic rings. The second kappa shape index (κ2) is 19.1. The molecule has 2 amide bonds. The van der Waals surface area contributed by atoms with E-state index in [1.54, 1.807) is 48.5 Å². The first-order valence-corrected chi connectivity index (χ1v) is 14.4. The van der Waals surface area contributed by atoms with Crippen molar-refractivity contribution in [3.05, 3.63) is 64.1 Å². The number of hydrogen-bond donors (Lipinski definition) is 2. The Morgan fingerprint density at radius 2 is 1.37 bits per heavy atom. The summed E-state index contributed by atoms with van der Waals surface area (Å²) in [6.07, 6.45) is 15.5. The second-order valence-corrected chi connectivity index (χ2v) is 10.2. The molecule has 0 heterocycles. The maximum absolute atomic E-state index is 12.2. The van der Waals surface area contributed by atoms with Gasteiger partial charge in [0, 0.05) is 10.9 Å². The predicted molar refractivity (Wildman–Crippen MR) is 155 cm³/mol. The monoisotopic (exact) mass is 585 g/mol. The molecule has 0 fully saturated rings. The SMILES string of the molecule is CCCCCCCCCCCCCC(=O)NCC(=O)N/N=C/c1ccc(OC(=O)c2ccc(Br)cc2)cc1. The van der Waals surface area contributed by atoms with Crippen LogP contribution in [0.15, 0.2) is 58.1 Å². The zero-order valence-electron chi connectivity index (χ0n) is 22.3. The van der Waals surface area contributed by atoms with Crippen molar-refractivity contribution in [2.24, 2.45) is 5.10 Å². The predicted octanol–water partition coefficient (Wildman–Crippen LogP) is 6.94. The van der Waals surface area contributed by atoms with Gasteiger partial charge in [-0.15, -0.1) is 0 Å². The molecule has 206 valence electrons. The third-order valence-electron chi connectivity index (χ3n) is 6.03. The second-order valence-electron chi connectivity index (χ2n) is 9.32. The number of ether oxygens (including phenoxy) is 1. The van der Waals surface area contributed by atoms with E-state index >= 15 is 0 Å². The van der Waals surface area contributed by atoms with Crippen LogP contribution in [0.5, 0.6) is 5.75 Å². The van der Waals surface area contributed by atoms with Gasteiger partial charge in [0.25, 0.3) is 5.91 Å². The normalized spacial score (nSPS) is 10.9. The van der Waals surface area contributed by atoms with Crippen molar-refractivity contribution in [3.63, 3.8) is 0 Å². The Bertz CT molecular complexity index is 1010. The molecule has 8 heteroatoms. The summed E-state index contributed by atoms with van der Waals surface area (Å²) < 4.78 is 6.24. The molecule has 0 aliphatic carbocycles. The highest BCUT2D eigenvalue weighted by molar-refractivity contribution is 9.10. The number of nitrogens with zero attached hydrogens (tertiary/aromatic N) is 1. The van der Waals surface area contributed by atoms with E-state index in [-0.39, 0.29) is 12.5 Å². The quantitative estimate of drug-likeness (QED) is 0.0651. The number of carbonyl (C=O) groups is 3. The van der Waals surface area contributed by atoms with Crippen LogP contribution in [0.2, 0.25) is 0 Å². The van der Waals surface area contributed by atoms with Crippen molar-refractivity contribution in [2.45, 2.75) is 84.0 Å². The van der Waals surface area contributed by atoms with Crippen LogP contribution in [0.4, 0.5) is 0 Å². The number of hydrazone groups is 1. The average Bonchev–Trinajstić information content (AvgIpc) is 2.92. The van der Waals surface area contributed by atoms with Gasteiger partial charge in [-0.1, -0.05) is 87.1 Å². The van der Waals surface area contributed by atoms with Gasteiger partial charge in [-0.2, -0.15) is 5.10 Å². The largest absolute Gasteiger partial charge is 0.423 e. The van der Waals surface area contributed by atoms with Crippen LogP contribution in [0.3, 0.4) is 0 Å². The van der Waals surface area contributed by atoms with Gasteiger partial charge in [0.1, 0.15) is 5.75 Å². The zero-order valence-corrected chi connectivity index (χ0v) is 23.9. The number of amides is 2. The van der Waals surface area contributed by atoms with Crippen molar-refractivity contribution >= 4 is 39.9 Å². The van der Waals surface area contributed by atoms with E-state index < -0.39 is 11.9 Å². The Balaban J connectivity index is 1.53. The van der Waals surface area contributed by atoms with Gasteiger partial charge < -0.3 is 10.1 Å². The lowest BCUT2D eigenvalue weighted by Gasteiger charge is -2.05. The highest BCUT2D eigenvalue weighted by Crippen LogP contribution is 2.16. The lowest BCUT2D eigenvalue weighted by molar-refractivity contribution is -0.126. The third kappa shape index (κ3) is 14.1. The molecule has 0 saturated carbocycles. The summed E-state index contributed by atoms with van der Waals surface area (Å²) in [6.45, 7) is 2.13. The molecular formula is C30H40BrN3O4. The first-order chi connectivity index (χ1) is 18.5. The fourth-order valence-electron chi connectivity index (χ4n) is 3.81. The number of unbranched alkanes of at least 4 members (excludes halogenated alkanes) is 10. The molecule has 0 aromatic heterocycles.